The van der Waals surface area contributed by atoms with Gasteiger partial charge in [-0.05, 0) is 29.8 Å². The van der Waals surface area contributed by atoms with E-state index in [9.17, 15) is 18.4 Å². The van der Waals surface area contributed by atoms with Gasteiger partial charge in [0.15, 0.2) is 11.6 Å². The van der Waals surface area contributed by atoms with Crippen molar-refractivity contribution in [3.05, 3.63) is 59.7 Å². The smallest absolute Gasteiger partial charge is 0.224 e. The number of anilines is 1. The molecule has 5 nitrogen and oxygen atoms in total. The minimum atomic E-state index is -0.982. The zero-order valence-corrected chi connectivity index (χ0v) is 13.6. The lowest BCUT2D eigenvalue weighted by Crippen LogP contribution is -2.29. The van der Waals surface area contributed by atoms with Gasteiger partial charge in [0.05, 0.1) is 13.0 Å². The molecule has 2 N–H and O–H groups in total. The minimum absolute atomic E-state index is 0.137. The molecule has 0 bridgehead atoms. The molecule has 0 atom stereocenters. The Morgan fingerprint density at radius 2 is 1.76 bits per heavy atom. The summed E-state index contributed by atoms with van der Waals surface area (Å²) in [5, 5.41) is 5.32. The van der Waals surface area contributed by atoms with Crippen molar-refractivity contribution in [1.82, 2.24) is 5.32 Å². The minimum Gasteiger partial charge on any atom is -0.492 e. The summed E-state index contributed by atoms with van der Waals surface area (Å²) in [7, 11) is 0. The van der Waals surface area contributed by atoms with E-state index in [0.717, 1.165) is 17.7 Å². The molecule has 2 rings (SSSR count). The van der Waals surface area contributed by atoms with Crippen molar-refractivity contribution in [3.8, 4) is 5.75 Å². The third-order valence-electron chi connectivity index (χ3n) is 3.22. The number of carbonyl (C=O) groups excluding carboxylic acids is 2. The number of benzene rings is 2. The van der Waals surface area contributed by atoms with E-state index in [4.69, 9.17) is 4.74 Å². The van der Waals surface area contributed by atoms with E-state index < -0.39 is 11.6 Å². The van der Waals surface area contributed by atoms with E-state index in [1.807, 2.05) is 0 Å². The number of nitrogens with one attached hydrogen (secondary N) is 2. The lowest BCUT2D eigenvalue weighted by molar-refractivity contribution is -0.120. The summed E-state index contributed by atoms with van der Waals surface area (Å²) >= 11 is 0. The average molecular weight is 348 g/mol. The van der Waals surface area contributed by atoms with Crippen molar-refractivity contribution in [2.75, 3.05) is 18.5 Å². The third-order valence-corrected chi connectivity index (χ3v) is 3.22. The van der Waals surface area contributed by atoms with Crippen molar-refractivity contribution in [2.24, 2.45) is 0 Å². The molecule has 0 fully saturated rings. The Morgan fingerprint density at radius 3 is 2.40 bits per heavy atom. The Bertz CT molecular complexity index is 748. The lowest BCUT2D eigenvalue weighted by atomic mass is 10.1. The Hall–Kier alpha value is -2.96. The summed E-state index contributed by atoms with van der Waals surface area (Å²) in [5.74, 6) is -2.08. The predicted molar refractivity (Wildman–Crippen MR) is 89.3 cm³/mol. The lowest BCUT2D eigenvalue weighted by Gasteiger charge is -2.08. The Kier molecular flexibility index (Phi) is 6.45. The highest BCUT2D eigenvalue weighted by atomic mass is 19.2. The molecular weight excluding hydrogens is 330 g/mol. The number of halogens is 2. The number of amides is 2. The summed E-state index contributed by atoms with van der Waals surface area (Å²) in [4.78, 5) is 22.8. The third kappa shape index (κ3) is 6.21. The number of ether oxygens (including phenoxy) is 1. The summed E-state index contributed by atoms with van der Waals surface area (Å²) in [6.07, 6.45) is 0.186. The van der Waals surface area contributed by atoms with Crippen LogP contribution in [0, 0.1) is 11.6 Å². The zero-order chi connectivity index (χ0) is 18.2. The highest BCUT2D eigenvalue weighted by Gasteiger charge is 2.05. The van der Waals surface area contributed by atoms with Crippen molar-refractivity contribution < 1.29 is 23.1 Å². The van der Waals surface area contributed by atoms with Crippen LogP contribution in [-0.4, -0.2) is 25.0 Å². The fraction of sp³-hybridized carbons (Fsp3) is 0.222. The van der Waals surface area contributed by atoms with Crippen LogP contribution in [0.5, 0.6) is 5.75 Å². The molecule has 0 saturated heterocycles. The number of hydrogen-bond donors (Lipinski definition) is 2. The molecule has 7 heteroatoms. The zero-order valence-electron chi connectivity index (χ0n) is 13.6. The van der Waals surface area contributed by atoms with Gasteiger partial charge in [-0.1, -0.05) is 12.1 Å². The van der Waals surface area contributed by atoms with Crippen LogP contribution in [-0.2, 0) is 16.0 Å². The largest absolute Gasteiger partial charge is 0.492 e. The topological polar surface area (TPSA) is 67.4 Å². The monoisotopic (exact) mass is 348 g/mol. The maximum absolute atomic E-state index is 13.0. The Morgan fingerprint density at radius 1 is 1.04 bits per heavy atom. The van der Waals surface area contributed by atoms with E-state index in [1.54, 1.807) is 24.3 Å². The molecule has 0 heterocycles. The molecule has 0 spiro atoms. The number of rotatable bonds is 7. The molecular formula is C18H18F2N2O3. The molecule has 0 radical (unpaired) electrons. The first kappa shape index (κ1) is 18.4. The predicted octanol–water partition coefficient (Wildman–Crippen LogP) is 2.66. The van der Waals surface area contributed by atoms with Gasteiger partial charge >= 0.3 is 0 Å². The maximum Gasteiger partial charge on any atom is 0.224 e. The van der Waals surface area contributed by atoms with Gasteiger partial charge in [-0.2, -0.15) is 0 Å². The average Bonchev–Trinajstić information content (AvgIpc) is 2.56. The molecule has 0 aromatic heterocycles. The first-order valence-corrected chi connectivity index (χ1v) is 7.65. The molecule has 0 aliphatic rings. The molecule has 2 aromatic carbocycles. The van der Waals surface area contributed by atoms with Crippen LogP contribution in [0.2, 0.25) is 0 Å². The van der Waals surface area contributed by atoms with Gasteiger partial charge in [0.2, 0.25) is 11.8 Å². The van der Waals surface area contributed by atoms with E-state index in [1.165, 1.54) is 13.0 Å². The first-order valence-electron chi connectivity index (χ1n) is 7.65. The van der Waals surface area contributed by atoms with Gasteiger partial charge in [0.25, 0.3) is 0 Å². The SMILES string of the molecule is CC(=O)Nc1ccc(CC(=O)NCCOc2ccc(F)c(F)c2)cc1. The van der Waals surface area contributed by atoms with Crippen LogP contribution >= 0.6 is 0 Å². The van der Waals surface area contributed by atoms with E-state index in [0.29, 0.717) is 5.69 Å². The molecule has 0 saturated carbocycles. The molecule has 132 valence electrons. The van der Waals surface area contributed by atoms with E-state index in [-0.39, 0.29) is 37.1 Å². The quantitative estimate of drug-likeness (QED) is 0.756. The van der Waals surface area contributed by atoms with Gasteiger partial charge in [-0.3, -0.25) is 9.59 Å². The van der Waals surface area contributed by atoms with E-state index in [2.05, 4.69) is 10.6 Å². The van der Waals surface area contributed by atoms with Gasteiger partial charge in [-0.25, -0.2) is 8.78 Å². The normalized spacial score (nSPS) is 10.2. The summed E-state index contributed by atoms with van der Waals surface area (Å²) < 4.78 is 31.0. The molecule has 0 unspecified atom stereocenters. The van der Waals surface area contributed by atoms with Crippen molar-refractivity contribution in [2.45, 2.75) is 13.3 Å². The number of hydrogen-bond acceptors (Lipinski definition) is 3. The van der Waals surface area contributed by atoms with Gasteiger partial charge < -0.3 is 15.4 Å². The Labute approximate surface area is 144 Å². The number of carbonyl (C=O) groups is 2. The van der Waals surface area contributed by atoms with Crippen LogP contribution < -0.4 is 15.4 Å². The van der Waals surface area contributed by atoms with Crippen LogP contribution in [0.3, 0.4) is 0 Å². The fourth-order valence-electron chi connectivity index (χ4n) is 2.08. The fourth-order valence-corrected chi connectivity index (χ4v) is 2.08. The van der Waals surface area contributed by atoms with Gasteiger partial charge in [-0.15, -0.1) is 0 Å². The van der Waals surface area contributed by atoms with Crippen molar-refractivity contribution >= 4 is 17.5 Å². The van der Waals surface area contributed by atoms with Gasteiger partial charge in [0.1, 0.15) is 12.4 Å². The second-order valence-corrected chi connectivity index (χ2v) is 5.33. The summed E-state index contributed by atoms with van der Waals surface area (Å²) in [6.45, 7) is 1.80. The van der Waals surface area contributed by atoms with Crippen molar-refractivity contribution in [1.29, 1.82) is 0 Å². The van der Waals surface area contributed by atoms with Crippen LogP contribution in [0.1, 0.15) is 12.5 Å². The van der Waals surface area contributed by atoms with Crippen LogP contribution in [0.15, 0.2) is 42.5 Å². The second-order valence-electron chi connectivity index (χ2n) is 5.33. The van der Waals surface area contributed by atoms with Gasteiger partial charge in [0, 0.05) is 18.7 Å². The molecule has 25 heavy (non-hydrogen) atoms. The maximum atomic E-state index is 13.0. The first-order chi connectivity index (χ1) is 11.9. The Balaban J connectivity index is 1.71. The van der Waals surface area contributed by atoms with E-state index >= 15 is 0 Å². The molecule has 2 aromatic rings. The molecule has 2 amide bonds. The highest BCUT2D eigenvalue weighted by Crippen LogP contribution is 2.15. The van der Waals surface area contributed by atoms with Crippen molar-refractivity contribution in [3.63, 3.8) is 0 Å². The standard InChI is InChI=1S/C18H18F2N2O3/c1-12(23)22-14-4-2-13(3-5-14)10-18(24)21-8-9-25-15-6-7-16(19)17(20)11-15/h2-7,11H,8-10H2,1H3,(H,21,24)(H,22,23). The van der Waals surface area contributed by atoms with Crippen LogP contribution in [0.25, 0.3) is 0 Å². The summed E-state index contributed by atoms with van der Waals surface area (Å²) in [6, 6.07) is 10.2. The second kappa shape index (κ2) is 8.77. The highest BCUT2D eigenvalue weighted by molar-refractivity contribution is 5.88. The van der Waals surface area contributed by atoms with Crippen LogP contribution in [0.4, 0.5) is 14.5 Å². The molecule has 0 aliphatic heterocycles. The molecule has 0 aliphatic carbocycles. The summed E-state index contributed by atoms with van der Waals surface area (Å²) in [5.41, 5.74) is 1.46.